The molecule has 0 saturated carbocycles. The fourth-order valence-corrected chi connectivity index (χ4v) is 5.24. The number of benzene rings is 4. The lowest BCUT2D eigenvalue weighted by Gasteiger charge is -2.14. The number of rotatable bonds is 8. The number of hydrogen-bond acceptors (Lipinski definition) is 7. The fourth-order valence-electron chi connectivity index (χ4n) is 3.92. The maximum absolute atomic E-state index is 13.2. The zero-order chi connectivity index (χ0) is 27.4. The first kappa shape index (κ1) is 27.1. The number of fused-ring (bicyclic) bond motifs is 1. The van der Waals surface area contributed by atoms with Gasteiger partial charge in [-0.3, -0.25) is 9.35 Å². The molecule has 4 aromatic rings. The number of nitrogens with zero attached hydrogens (tertiary/aromatic N) is 2. The van der Waals surface area contributed by atoms with Crippen molar-refractivity contribution in [2.24, 2.45) is 10.2 Å². The van der Waals surface area contributed by atoms with E-state index in [1.54, 1.807) is 61.5 Å². The molecule has 0 aliphatic rings. The van der Waals surface area contributed by atoms with E-state index in [2.05, 4.69) is 15.5 Å². The standard InChI is InChI=1S/C27H24ClN3O6S/c1-3-16-13-14-21(26(23(16)28)38(34,35)36)30-31-24-18-10-6-5-9-17(18)15-19(25(24)32)27(33)29-20-11-7-8-12-22(20)37-4-2/h5-15,32H,3-4H2,1-2H3,(H,29,33)(H,34,35,36). The molecule has 0 spiro atoms. The Balaban J connectivity index is 1.83. The summed E-state index contributed by atoms with van der Waals surface area (Å²) in [6, 6.07) is 18.2. The van der Waals surface area contributed by atoms with Crippen LogP contribution in [0.15, 0.2) is 81.9 Å². The molecule has 11 heteroatoms. The zero-order valence-corrected chi connectivity index (χ0v) is 22.0. The molecule has 4 rings (SSSR count). The topological polar surface area (TPSA) is 138 Å². The van der Waals surface area contributed by atoms with Gasteiger partial charge < -0.3 is 15.2 Å². The minimum atomic E-state index is -4.74. The highest BCUT2D eigenvalue weighted by Crippen LogP contribution is 2.41. The van der Waals surface area contributed by atoms with E-state index < -0.39 is 26.7 Å². The third kappa shape index (κ3) is 5.47. The summed E-state index contributed by atoms with van der Waals surface area (Å²) in [6.45, 7) is 4.00. The van der Waals surface area contributed by atoms with E-state index >= 15 is 0 Å². The molecular formula is C27H24ClN3O6S. The van der Waals surface area contributed by atoms with Crippen molar-refractivity contribution >= 4 is 55.5 Å². The summed E-state index contributed by atoms with van der Waals surface area (Å²) >= 11 is 6.23. The highest BCUT2D eigenvalue weighted by atomic mass is 35.5. The summed E-state index contributed by atoms with van der Waals surface area (Å²) in [4.78, 5) is 12.6. The molecule has 0 radical (unpaired) electrons. The smallest absolute Gasteiger partial charge is 0.298 e. The third-order valence-corrected chi connectivity index (χ3v) is 7.20. The van der Waals surface area contributed by atoms with Gasteiger partial charge in [0.15, 0.2) is 5.75 Å². The first-order valence-corrected chi connectivity index (χ1v) is 13.5. The average Bonchev–Trinajstić information content (AvgIpc) is 2.88. The molecule has 0 heterocycles. The Morgan fingerprint density at radius 1 is 1.03 bits per heavy atom. The van der Waals surface area contributed by atoms with Gasteiger partial charge in [-0.1, -0.05) is 61.0 Å². The van der Waals surface area contributed by atoms with Crippen molar-refractivity contribution in [2.75, 3.05) is 11.9 Å². The molecule has 0 unspecified atom stereocenters. The molecule has 0 aliphatic carbocycles. The van der Waals surface area contributed by atoms with Crippen molar-refractivity contribution in [3.8, 4) is 11.5 Å². The number of carbonyl (C=O) groups excluding carboxylic acids is 1. The second-order valence-electron chi connectivity index (χ2n) is 8.14. The van der Waals surface area contributed by atoms with Gasteiger partial charge in [0, 0.05) is 5.39 Å². The van der Waals surface area contributed by atoms with Crippen LogP contribution in [-0.4, -0.2) is 30.6 Å². The van der Waals surface area contributed by atoms with Crippen LogP contribution >= 0.6 is 11.6 Å². The van der Waals surface area contributed by atoms with Crippen LogP contribution in [-0.2, 0) is 16.5 Å². The first-order valence-electron chi connectivity index (χ1n) is 11.6. The maximum atomic E-state index is 13.2. The van der Waals surface area contributed by atoms with Crippen LogP contribution in [0.1, 0.15) is 29.8 Å². The van der Waals surface area contributed by atoms with Gasteiger partial charge in [-0.2, -0.15) is 8.42 Å². The van der Waals surface area contributed by atoms with E-state index in [0.29, 0.717) is 40.8 Å². The van der Waals surface area contributed by atoms with Gasteiger partial charge in [0.05, 0.1) is 22.9 Å². The predicted molar refractivity (Wildman–Crippen MR) is 146 cm³/mol. The second kappa shape index (κ2) is 11.2. The molecular weight excluding hydrogens is 530 g/mol. The van der Waals surface area contributed by atoms with Gasteiger partial charge in [0.1, 0.15) is 22.0 Å². The second-order valence-corrected chi connectivity index (χ2v) is 9.88. The van der Waals surface area contributed by atoms with Crippen LogP contribution in [0.4, 0.5) is 17.1 Å². The van der Waals surface area contributed by atoms with Crippen LogP contribution < -0.4 is 10.1 Å². The number of azo groups is 1. The summed E-state index contributed by atoms with van der Waals surface area (Å²) in [7, 11) is -4.74. The Kier molecular flexibility index (Phi) is 7.96. The highest BCUT2D eigenvalue weighted by Gasteiger charge is 2.23. The van der Waals surface area contributed by atoms with Gasteiger partial charge in [0.2, 0.25) is 0 Å². The van der Waals surface area contributed by atoms with Gasteiger partial charge in [-0.15, -0.1) is 10.2 Å². The molecule has 4 aromatic carbocycles. The molecule has 38 heavy (non-hydrogen) atoms. The van der Waals surface area contributed by atoms with Crippen LogP contribution in [0.3, 0.4) is 0 Å². The molecule has 196 valence electrons. The Hall–Kier alpha value is -3.99. The van der Waals surface area contributed by atoms with Crippen LogP contribution in [0.5, 0.6) is 11.5 Å². The Morgan fingerprint density at radius 2 is 1.74 bits per heavy atom. The minimum Gasteiger partial charge on any atom is -0.505 e. The van der Waals surface area contributed by atoms with Crippen molar-refractivity contribution in [2.45, 2.75) is 25.2 Å². The van der Waals surface area contributed by atoms with E-state index in [9.17, 15) is 22.9 Å². The first-order chi connectivity index (χ1) is 18.2. The predicted octanol–water partition coefficient (Wildman–Crippen LogP) is 7.07. The summed E-state index contributed by atoms with van der Waals surface area (Å²) in [5.41, 5.74) is 0.538. The quantitative estimate of drug-likeness (QED) is 0.157. The summed E-state index contributed by atoms with van der Waals surface area (Å²) < 4.78 is 39.5. The summed E-state index contributed by atoms with van der Waals surface area (Å²) in [5, 5.41) is 22.8. The van der Waals surface area contributed by atoms with Crippen molar-refractivity contribution in [1.29, 1.82) is 0 Å². The maximum Gasteiger partial charge on any atom is 0.298 e. The number of carbonyl (C=O) groups is 1. The van der Waals surface area contributed by atoms with Gasteiger partial charge in [-0.05, 0) is 48.6 Å². The molecule has 9 nitrogen and oxygen atoms in total. The number of ether oxygens (including phenoxy) is 1. The minimum absolute atomic E-state index is 0.0664. The van der Waals surface area contributed by atoms with Crippen LogP contribution in [0.25, 0.3) is 10.8 Å². The Bertz CT molecular complexity index is 1670. The van der Waals surface area contributed by atoms with Crippen molar-refractivity contribution < 1.29 is 27.6 Å². The number of aromatic hydroxyl groups is 1. The van der Waals surface area contributed by atoms with Gasteiger partial charge in [-0.25, -0.2) is 0 Å². The van der Waals surface area contributed by atoms with E-state index in [4.69, 9.17) is 16.3 Å². The number of amides is 1. The third-order valence-electron chi connectivity index (χ3n) is 5.73. The monoisotopic (exact) mass is 553 g/mol. The number of nitrogens with one attached hydrogen (secondary N) is 1. The van der Waals surface area contributed by atoms with E-state index in [0.717, 1.165) is 0 Å². The van der Waals surface area contributed by atoms with Gasteiger partial charge >= 0.3 is 0 Å². The van der Waals surface area contributed by atoms with Crippen LogP contribution in [0.2, 0.25) is 5.02 Å². The molecule has 0 saturated heterocycles. The zero-order valence-electron chi connectivity index (χ0n) is 20.5. The molecule has 3 N–H and O–H groups in total. The number of halogens is 1. The van der Waals surface area contributed by atoms with Crippen molar-refractivity contribution in [3.63, 3.8) is 0 Å². The molecule has 0 aromatic heterocycles. The number of hydrogen-bond donors (Lipinski definition) is 3. The number of phenols is 1. The summed E-state index contributed by atoms with van der Waals surface area (Å²) in [6.07, 6.45) is 0.424. The van der Waals surface area contributed by atoms with Gasteiger partial charge in [0.25, 0.3) is 16.0 Å². The Morgan fingerprint density at radius 3 is 2.45 bits per heavy atom. The largest absolute Gasteiger partial charge is 0.505 e. The molecule has 1 amide bonds. The lowest BCUT2D eigenvalue weighted by Crippen LogP contribution is -2.13. The SMILES string of the molecule is CCOc1ccccc1NC(=O)c1cc2ccccc2c(N=Nc2ccc(CC)c(Cl)c2S(=O)(=O)O)c1O. The lowest BCUT2D eigenvalue weighted by atomic mass is 10.0. The van der Waals surface area contributed by atoms with Crippen molar-refractivity contribution in [3.05, 3.63) is 82.9 Å². The van der Waals surface area contributed by atoms with E-state index in [1.807, 2.05) is 6.92 Å². The number of aryl methyl sites for hydroxylation is 1. The molecule has 0 bridgehead atoms. The lowest BCUT2D eigenvalue weighted by molar-refractivity contribution is 0.102. The van der Waals surface area contributed by atoms with Crippen molar-refractivity contribution in [1.82, 2.24) is 0 Å². The average molecular weight is 554 g/mol. The number of anilines is 1. The van der Waals surface area contributed by atoms with E-state index in [-0.39, 0.29) is 22.0 Å². The number of para-hydroxylation sites is 2. The molecule has 0 fully saturated rings. The number of phenolic OH excluding ortho intramolecular Hbond substituents is 1. The molecule has 0 atom stereocenters. The highest BCUT2D eigenvalue weighted by molar-refractivity contribution is 7.86. The van der Waals surface area contributed by atoms with E-state index in [1.165, 1.54) is 12.1 Å². The van der Waals surface area contributed by atoms with Crippen LogP contribution in [0, 0.1) is 0 Å². The normalized spacial score (nSPS) is 11.7. The Labute approximate surface area is 224 Å². The molecule has 0 aliphatic heterocycles. The fraction of sp³-hybridized carbons (Fsp3) is 0.148. The summed E-state index contributed by atoms with van der Waals surface area (Å²) in [5.74, 6) is -0.622.